The Morgan fingerprint density at radius 2 is 0.953 bits per heavy atom. The summed E-state index contributed by atoms with van der Waals surface area (Å²) in [5, 5.41) is 2.57. The van der Waals surface area contributed by atoms with Crippen LogP contribution in [0.5, 0.6) is 0 Å². The highest BCUT2D eigenvalue weighted by atomic mass is 32.2. The van der Waals surface area contributed by atoms with Gasteiger partial charge in [-0.25, -0.2) is 9.97 Å². The van der Waals surface area contributed by atoms with Crippen molar-refractivity contribution in [2.45, 2.75) is 55.2 Å². The molecule has 6 rings (SSSR count). The molecule has 0 fully saturated rings. The van der Waals surface area contributed by atoms with Crippen LogP contribution in [0.3, 0.4) is 0 Å². The van der Waals surface area contributed by atoms with Crippen LogP contribution in [-0.2, 0) is 24.6 Å². The molecule has 2 aromatic heterocycles. The summed E-state index contributed by atoms with van der Waals surface area (Å²) < 4.78 is 3.54. The third-order valence-electron chi connectivity index (χ3n) is 7.65. The quantitative estimate of drug-likeness (QED) is 0.120. The first-order valence-corrected chi connectivity index (χ1v) is 16.3. The van der Waals surface area contributed by atoms with Gasteiger partial charge in [-0.1, -0.05) is 96.3 Å². The minimum Gasteiger partial charge on any atom is -0.287 e. The van der Waals surface area contributed by atoms with E-state index in [9.17, 15) is 9.59 Å². The lowest BCUT2D eigenvalue weighted by molar-refractivity contribution is 0.489. The molecule has 4 aromatic carbocycles. The van der Waals surface area contributed by atoms with E-state index in [1.165, 1.54) is 22.3 Å². The van der Waals surface area contributed by atoms with Gasteiger partial charge < -0.3 is 0 Å². The molecule has 216 valence electrons. The van der Waals surface area contributed by atoms with Crippen molar-refractivity contribution in [2.24, 2.45) is 0 Å². The first-order chi connectivity index (χ1) is 21.0. The second-order valence-corrected chi connectivity index (χ2v) is 12.4. The largest absolute Gasteiger partial charge is 0.287 e. The van der Waals surface area contributed by atoms with Gasteiger partial charge in [0, 0.05) is 24.6 Å². The molecule has 2 heterocycles. The van der Waals surface area contributed by atoms with Gasteiger partial charge in [-0.3, -0.25) is 18.7 Å². The topological polar surface area (TPSA) is 69.8 Å². The molecule has 0 aliphatic rings. The molecule has 0 saturated carbocycles. The van der Waals surface area contributed by atoms with Crippen molar-refractivity contribution >= 4 is 45.3 Å². The van der Waals surface area contributed by atoms with Gasteiger partial charge >= 0.3 is 0 Å². The summed E-state index contributed by atoms with van der Waals surface area (Å²) in [5.41, 5.74) is 6.12. The summed E-state index contributed by atoms with van der Waals surface area (Å²) in [6.45, 7) is 5.07. The zero-order valence-electron chi connectivity index (χ0n) is 24.2. The number of aryl methyl sites for hydroxylation is 2. The van der Waals surface area contributed by atoms with Crippen molar-refractivity contribution in [1.82, 2.24) is 19.1 Å². The van der Waals surface area contributed by atoms with Gasteiger partial charge in [0.1, 0.15) is 0 Å². The van der Waals surface area contributed by atoms with E-state index in [1.807, 2.05) is 72.8 Å². The van der Waals surface area contributed by atoms with E-state index in [1.54, 1.807) is 32.7 Å². The molecular formula is C35H32N4O2S2. The summed E-state index contributed by atoms with van der Waals surface area (Å²) in [6, 6.07) is 31.5. The predicted molar refractivity (Wildman–Crippen MR) is 178 cm³/mol. The summed E-state index contributed by atoms with van der Waals surface area (Å²) in [7, 11) is 0. The van der Waals surface area contributed by atoms with Crippen LogP contribution in [0.15, 0.2) is 117 Å². The first-order valence-electron chi connectivity index (χ1n) is 14.3. The number of para-hydroxylation sites is 2. The van der Waals surface area contributed by atoms with E-state index in [4.69, 9.17) is 9.97 Å². The molecule has 0 saturated heterocycles. The predicted octanol–water partition coefficient (Wildman–Crippen LogP) is 7.40. The van der Waals surface area contributed by atoms with Gasteiger partial charge in [0.25, 0.3) is 11.1 Å². The lowest BCUT2D eigenvalue weighted by Gasteiger charge is -2.16. The summed E-state index contributed by atoms with van der Waals surface area (Å²) >= 11 is 3.14. The first kappa shape index (κ1) is 29.0. The highest BCUT2D eigenvalue weighted by Gasteiger charge is 2.15. The minimum atomic E-state index is -0.0592. The molecule has 0 aliphatic heterocycles. The third kappa shape index (κ3) is 6.31. The monoisotopic (exact) mass is 604 g/mol. The van der Waals surface area contributed by atoms with Gasteiger partial charge in [0.15, 0.2) is 10.3 Å². The number of benzene rings is 4. The van der Waals surface area contributed by atoms with Gasteiger partial charge in [-0.15, -0.1) is 0 Å². The van der Waals surface area contributed by atoms with Crippen molar-refractivity contribution in [3.8, 4) is 0 Å². The van der Waals surface area contributed by atoms with Crippen LogP contribution in [0, 0.1) is 13.8 Å². The van der Waals surface area contributed by atoms with E-state index in [-0.39, 0.29) is 11.1 Å². The molecule has 0 atom stereocenters. The van der Waals surface area contributed by atoms with E-state index in [2.05, 4.69) is 38.1 Å². The summed E-state index contributed by atoms with van der Waals surface area (Å²) in [6.07, 6.45) is 0.579. The van der Waals surface area contributed by atoms with Crippen LogP contribution in [-0.4, -0.2) is 19.1 Å². The highest BCUT2D eigenvalue weighted by molar-refractivity contribution is 7.98. The fourth-order valence-electron chi connectivity index (χ4n) is 5.13. The lowest BCUT2D eigenvalue weighted by Crippen LogP contribution is -2.27. The molecule has 6 aromatic rings. The van der Waals surface area contributed by atoms with Crippen molar-refractivity contribution in [1.29, 1.82) is 0 Å². The fourth-order valence-corrected chi connectivity index (χ4v) is 7.33. The second kappa shape index (κ2) is 13.0. The Morgan fingerprint density at radius 3 is 1.40 bits per heavy atom. The van der Waals surface area contributed by atoms with E-state index < -0.39 is 0 Å². The van der Waals surface area contributed by atoms with Crippen molar-refractivity contribution < 1.29 is 0 Å². The number of rotatable bonds is 10. The lowest BCUT2D eigenvalue weighted by atomic mass is 10.1. The standard InChI is InChI=1S/C35H32N4O2S2/c1-24-12-3-5-14-26(24)22-42-34-36-30-18-9-7-16-28(30)32(40)38(34)20-11-21-39-33(41)29-17-8-10-19-31(29)37-35(39)43-23-27-15-6-4-13-25(27)2/h3-10,12-19H,11,20-23H2,1-2H3. The normalized spacial score (nSPS) is 11.4. The van der Waals surface area contributed by atoms with Crippen LogP contribution in [0.4, 0.5) is 0 Å². The second-order valence-electron chi connectivity index (χ2n) is 10.5. The van der Waals surface area contributed by atoms with Crippen molar-refractivity contribution in [3.05, 3.63) is 140 Å². The smallest absolute Gasteiger partial charge is 0.262 e. The number of hydrogen-bond acceptors (Lipinski definition) is 6. The Morgan fingerprint density at radius 1 is 0.558 bits per heavy atom. The molecule has 6 nitrogen and oxygen atoms in total. The molecule has 43 heavy (non-hydrogen) atoms. The molecule has 0 unspecified atom stereocenters. The Bertz CT molecular complexity index is 1900. The zero-order chi connectivity index (χ0) is 29.8. The zero-order valence-corrected chi connectivity index (χ0v) is 25.8. The van der Waals surface area contributed by atoms with Gasteiger partial charge in [0.2, 0.25) is 0 Å². The van der Waals surface area contributed by atoms with Gasteiger partial charge in [0.05, 0.1) is 21.8 Å². The summed E-state index contributed by atoms with van der Waals surface area (Å²) in [4.78, 5) is 37.2. The number of nitrogens with zero attached hydrogens (tertiary/aromatic N) is 4. The van der Waals surface area contributed by atoms with Crippen LogP contribution in [0.2, 0.25) is 0 Å². The van der Waals surface area contributed by atoms with E-state index in [0.29, 0.717) is 63.1 Å². The van der Waals surface area contributed by atoms with Gasteiger partial charge in [-0.05, 0) is 66.8 Å². The van der Waals surface area contributed by atoms with Crippen molar-refractivity contribution in [2.75, 3.05) is 0 Å². The maximum Gasteiger partial charge on any atom is 0.262 e. The Labute approximate surface area is 258 Å². The number of aromatic nitrogens is 4. The molecule has 0 amide bonds. The molecule has 0 aliphatic carbocycles. The Balaban J connectivity index is 1.30. The molecule has 8 heteroatoms. The average Bonchev–Trinajstić information content (AvgIpc) is 3.02. The molecule has 0 bridgehead atoms. The van der Waals surface area contributed by atoms with Gasteiger partial charge in [-0.2, -0.15) is 0 Å². The highest BCUT2D eigenvalue weighted by Crippen LogP contribution is 2.26. The van der Waals surface area contributed by atoms with Crippen LogP contribution in [0.25, 0.3) is 21.8 Å². The maximum atomic E-state index is 13.7. The molecule has 0 N–H and O–H groups in total. The molecular weight excluding hydrogens is 573 g/mol. The average molecular weight is 605 g/mol. The fraction of sp³-hybridized carbons (Fsp3) is 0.200. The van der Waals surface area contributed by atoms with Crippen LogP contribution < -0.4 is 11.1 Å². The number of fused-ring (bicyclic) bond motifs is 2. The minimum absolute atomic E-state index is 0.0592. The van der Waals surface area contributed by atoms with E-state index in [0.717, 1.165) is 0 Å². The number of thioether (sulfide) groups is 2. The maximum absolute atomic E-state index is 13.7. The van der Waals surface area contributed by atoms with Crippen LogP contribution in [0.1, 0.15) is 28.7 Å². The Kier molecular flexibility index (Phi) is 8.77. The summed E-state index contributed by atoms with van der Waals surface area (Å²) in [5.74, 6) is 1.43. The SMILES string of the molecule is Cc1ccccc1CSc1nc2ccccc2c(=O)n1CCCn1c(SCc2ccccc2C)nc2ccccc2c1=O. The van der Waals surface area contributed by atoms with E-state index >= 15 is 0 Å². The molecule has 0 radical (unpaired) electrons. The number of hydrogen-bond donors (Lipinski definition) is 0. The Hall–Kier alpha value is -4.14. The van der Waals surface area contributed by atoms with Crippen molar-refractivity contribution in [3.63, 3.8) is 0 Å². The molecule has 0 spiro atoms. The third-order valence-corrected chi connectivity index (χ3v) is 9.70. The van der Waals surface area contributed by atoms with Crippen LogP contribution >= 0.6 is 23.5 Å².